The molecule has 2 fully saturated rings. The Kier molecular flexibility index (Phi) is 4.95. The Hall–Kier alpha value is -4.02. The normalized spacial score (nSPS) is 20.9. The fourth-order valence-corrected chi connectivity index (χ4v) is 6.16. The van der Waals surface area contributed by atoms with Gasteiger partial charge in [-0.05, 0) is 49.1 Å². The van der Waals surface area contributed by atoms with E-state index in [9.17, 15) is 10.0 Å². The second kappa shape index (κ2) is 8.25. The average molecular weight is 497 g/mol. The average Bonchev–Trinajstić information content (AvgIpc) is 3.63. The third kappa shape index (κ3) is 3.55. The highest BCUT2D eigenvalue weighted by atomic mass is 16.5. The first kappa shape index (κ1) is 22.2. The summed E-state index contributed by atoms with van der Waals surface area (Å²) in [5.41, 5.74) is 5.80. The summed E-state index contributed by atoms with van der Waals surface area (Å²) in [7, 11) is 1.97. The van der Waals surface area contributed by atoms with Gasteiger partial charge in [-0.25, -0.2) is 9.97 Å². The van der Waals surface area contributed by atoms with Crippen LogP contribution in [0.4, 0.5) is 17.3 Å². The molecular formula is C27H28N8O2. The van der Waals surface area contributed by atoms with Gasteiger partial charge in [0.15, 0.2) is 0 Å². The smallest absolute Gasteiger partial charge is 0.254 e. The molecule has 0 unspecified atom stereocenters. The van der Waals surface area contributed by atoms with Crippen LogP contribution in [0.3, 0.4) is 0 Å². The summed E-state index contributed by atoms with van der Waals surface area (Å²) in [6.07, 6.45) is 6.53. The molecule has 7 heterocycles. The van der Waals surface area contributed by atoms with E-state index in [0.717, 1.165) is 52.2 Å². The molecule has 0 bridgehead atoms. The second-order valence-electron chi connectivity index (χ2n) is 10.3. The maximum absolute atomic E-state index is 13.0. The number of hydrogen-bond acceptors (Lipinski definition) is 8. The maximum Gasteiger partial charge on any atom is 0.254 e. The highest BCUT2D eigenvalue weighted by Crippen LogP contribution is 2.37. The Bertz CT molecular complexity index is 1560. The summed E-state index contributed by atoms with van der Waals surface area (Å²) >= 11 is 0. The molecule has 4 aromatic rings. The lowest BCUT2D eigenvalue weighted by Gasteiger charge is -2.26. The molecule has 0 spiro atoms. The molecular weight excluding hydrogens is 468 g/mol. The Morgan fingerprint density at radius 3 is 2.97 bits per heavy atom. The van der Waals surface area contributed by atoms with Crippen molar-refractivity contribution in [1.29, 1.82) is 0 Å². The number of aryl methyl sites for hydroxylation is 2. The molecule has 2 atom stereocenters. The van der Waals surface area contributed by atoms with Crippen molar-refractivity contribution in [3.8, 4) is 11.3 Å². The third-order valence-electron chi connectivity index (χ3n) is 7.90. The fourth-order valence-electron chi connectivity index (χ4n) is 6.16. The summed E-state index contributed by atoms with van der Waals surface area (Å²) < 4.78 is 1.98. The Morgan fingerprint density at radius 2 is 2.08 bits per heavy atom. The lowest BCUT2D eigenvalue weighted by atomic mass is 10.0. The van der Waals surface area contributed by atoms with E-state index in [-0.39, 0.29) is 11.9 Å². The number of rotatable bonds is 4. The van der Waals surface area contributed by atoms with Gasteiger partial charge in [0.1, 0.15) is 17.3 Å². The number of aromatic nitrogens is 4. The van der Waals surface area contributed by atoms with Gasteiger partial charge in [0.2, 0.25) is 0 Å². The number of carbonyl (C=O) groups is 1. The number of anilines is 3. The molecule has 4 aromatic heterocycles. The molecule has 10 heteroatoms. The maximum atomic E-state index is 13.0. The highest BCUT2D eigenvalue weighted by molar-refractivity contribution is 6.06. The van der Waals surface area contributed by atoms with Crippen molar-refractivity contribution in [2.75, 3.05) is 29.9 Å². The number of carbonyl (C=O) groups excluding carboxylic acids is 1. The molecule has 0 aliphatic carbocycles. The van der Waals surface area contributed by atoms with Gasteiger partial charge < -0.3 is 25.3 Å². The standard InChI is InChI=1S/C27H28N8O2/c1-15-9-22(32-23(10-15)35-8-4-16-13-34(37)14-21(16)35)31-20-12-29-25(19-11-30-27(36)24(19)20)17-3-6-28-26-18(17)5-7-33(26)2/h3,5-7,9-10,12,16,21,37H,4,8,11,13-14H2,1-2H3,(H,30,36)(H,31,32)/t16-,21+/m0/s1. The predicted molar refractivity (Wildman–Crippen MR) is 140 cm³/mol. The highest BCUT2D eigenvalue weighted by Gasteiger charge is 2.41. The van der Waals surface area contributed by atoms with Crippen LogP contribution in [0.25, 0.3) is 22.3 Å². The Labute approximate surface area is 213 Å². The molecule has 3 N–H and O–H groups in total. The summed E-state index contributed by atoms with van der Waals surface area (Å²) in [5.74, 6) is 1.89. The van der Waals surface area contributed by atoms with Gasteiger partial charge in [0.25, 0.3) is 5.91 Å². The predicted octanol–water partition coefficient (Wildman–Crippen LogP) is 3.23. The van der Waals surface area contributed by atoms with E-state index < -0.39 is 0 Å². The molecule has 0 radical (unpaired) electrons. The van der Waals surface area contributed by atoms with E-state index in [1.165, 1.54) is 5.06 Å². The number of pyridine rings is 3. The van der Waals surface area contributed by atoms with E-state index in [1.807, 2.05) is 42.9 Å². The first-order valence-electron chi connectivity index (χ1n) is 12.6. The zero-order valence-corrected chi connectivity index (χ0v) is 20.8. The van der Waals surface area contributed by atoms with Crippen LogP contribution in [0.1, 0.15) is 27.9 Å². The molecule has 3 aliphatic rings. The van der Waals surface area contributed by atoms with Gasteiger partial charge >= 0.3 is 0 Å². The van der Waals surface area contributed by atoms with Crippen molar-refractivity contribution in [3.05, 3.63) is 59.5 Å². The minimum atomic E-state index is -0.122. The van der Waals surface area contributed by atoms with Crippen LogP contribution in [0.5, 0.6) is 0 Å². The number of nitrogens with zero attached hydrogens (tertiary/aromatic N) is 6. The lowest BCUT2D eigenvalue weighted by molar-refractivity contribution is -0.0730. The van der Waals surface area contributed by atoms with Crippen LogP contribution in [-0.4, -0.2) is 61.4 Å². The molecule has 0 aromatic carbocycles. The van der Waals surface area contributed by atoms with Gasteiger partial charge in [-0.1, -0.05) is 0 Å². The number of hydrogen-bond donors (Lipinski definition) is 3. The van der Waals surface area contributed by atoms with Crippen molar-refractivity contribution in [1.82, 2.24) is 29.9 Å². The number of hydroxylamine groups is 2. The minimum absolute atomic E-state index is 0.122. The van der Waals surface area contributed by atoms with Crippen molar-refractivity contribution in [2.24, 2.45) is 13.0 Å². The van der Waals surface area contributed by atoms with Gasteiger partial charge in [0, 0.05) is 68.2 Å². The SMILES string of the molecule is Cc1cc(Nc2cnc(-c3ccnc4c3ccn4C)c3c2C(=O)NC3)nc(N2CC[C@H]3CN(O)C[C@H]32)c1. The van der Waals surface area contributed by atoms with E-state index in [1.54, 1.807) is 12.4 Å². The molecule has 1 amide bonds. The van der Waals surface area contributed by atoms with Crippen LogP contribution >= 0.6 is 0 Å². The number of amides is 1. The minimum Gasteiger partial charge on any atom is -0.352 e. The van der Waals surface area contributed by atoms with Crippen molar-refractivity contribution in [2.45, 2.75) is 25.9 Å². The molecule has 2 saturated heterocycles. The number of nitrogens with one attached hydrogen (secondary N) is 2. The molecule has 7 rings (SSSR count). The first-order chi connectivity index (χ1) is 18.0. The third-order valence-corrected chi connectivity index (χ3v) is 7.90. The zero-order chi connectivity index (χ0) is 25.3. The summed E-state index contributed by atoms with van der Waals surface area (Å²) in [6, 6.07) is 8.31. The van der Waals surface area contributed by atoms with Crippen LogP contribution in [-0.2, 0) is 13.6 Å². The van der Waals surface area contributed by atoms with Gasteiger partial charge in [-0.2, -0.15) is 5.06 Å². The van der Waals surface area contributed by atoms with E-state index in [0.29, 0.717) is 42.6 Å². The molecule has 188 valence electrons. The van der Waals surface area contributed by atoms with Gasteiger partial charge in [0.05, 0.1) is 23.1 Å². The van der Waals surface area contributed by atoms with E-state index >= 15 is 0 Å². The lowest BCUT2D eigenvalue weighted by Crippen LogP contribution is -2.35. The molecule has 3 aliphatic heterocycles. The van der Waals surface area contributed by atoms with Gasteiger partial charge in [-0.3, -0.25) is 9.78 Å². The monoisotopic (exact) mass is 496 g/mol. The van der Waals surface area contributed by atoms with Crippen molar-refractivity contribution >= 4 is 34.3 Å². The van der Waals surface area contributed by atoms with Crippen LogP contribution in [0.15, 0.2) is 42.9 Å². The Balaban J connectivity index is 1.26. The molecule has 10 nitrogen and oxygen atoms in total. The zero-order valence-electron chi connectivity index (χ0n) is 20.8. The summed E-state index contributed by atoms with van der Waals surface area (Å²) in [4.78, 5) is 29.5. The Morgan fingerprint density at radius 1 is 1.19 bits per heavy atom. The van der Waals surface area contributed by atoms with Crippen LogP contribution in [0.2, 0.25) is 0 Å². The fraction of sp³-hybridized carbons (Fsp3) is 0.333. The quantitative estimate of drug-likeness (QED) is 0.395. The van der Waals surface area contributed by atoms with E-state index in [4.69, 9.17) is 9.97 Å². The molecule has 37 heavy (non-hydrogen) atoms. The largest absolute Gasteiger partial charge is 0.352 e. The molecule has 0 saturated carbocycles. The van der Waals surface area contributed by atoms with Crippen molar-refractivity contribution in [3.63, 3.8) is 0 Å². The summed E-state index contributed by atoms with van der Waals surface area (Å²) in [5, 5.41) is 18.8. The van der Waals surface area contributed by atoms with Crippen LogP contribution in [0, 0.1) is 12.8 Å². The van der Waals surface area contributed by atoms with Crippen LogP contribution < -0.4 is 15.5 Å². The topological polar surface area (TPSA) is 111 Å². The summed E-state index contributed by atoms with van der Waals surface area (Å²) in [6.45, 7) is 4.73. The number of fused-ring (bicyclic) bond motifs is 3. The first-order valence-corrected chi connectivity index (χ1v) is 12.6. The van der Waals surface area contributed by atoms with Gasteiger partial charge in [-0.15, -0.1) is 0 Å². The van der Waals surface area contributed by atoms with E-state index in [2.05, 4.69) is 26.6 Å². The van der Waals surface area contributed by atoms with Crippen molar-refractivity contribution < 1.29 is 10.0 Å². The second-order valence-corrected chi connectivity index (χ2v) is 10.3.